The van der Waals surface area contributed by atoms with Crippen LogP contribution in [0.25, 0.3) is 0 Å². The Balaban J connectivity index is 0.000000378. The summed E-state index contributed by atoms with van der Waals surface area (Å²) in [4.78, 5) is 188. The van der Waals surface area contributed by atoms with E-state index < -0.39 is 71.7 Å². The maximum atomic E-state index is 14.4. The van der Waals surface area contributed by atoms with Crippen LogP contribution in [-0.4, -0.2) is 180 Å². The minimum atomic E-state index is -0.882. The summed E-state index contributed by atoms with van der Waals surface area (Å²) < 4.78 is 16.1. The molecule has 2 saturated heterocycles. The number of rotatable bonds is 43. The molecule has 3 fully saturated rings. The van der Waals surface area contributed by atoms with Gasteiger partial charge in [-0.25, -0.2) is 14.4 Å². The molecule has 9 atom stereocenters. The van der Waals surface area contributed by atoms with Crippen LogP contribution in [0.4, 0.5) is 14.4 Å². The van der Waals surface area contributed by atoms with Crippen molar-refractivity contribution >= 4 is 82.6 Å². The second-order valence-electron chi connectivity index (χ2n) is 36.0. The SMILES string of the molecule is CC1=C(C)C(=O)C(CCCOC(=O)NCCC[C@H](CC(=O)[C@@H](NC(=O)[C@@H]2CCCN2C(=O)[C@H](/C=C/[C@@H](C)CC(C)C)Cc2ccccc2)C(C)C)C(=O)NC(C)C)=C(C)C1=O.CC1=C(C)C(=O)C(CCCOC(=O)NCCC[C@H](NC(=O)[C@@H]2CCCN2C(=O)[C@H](/C=C/[C@H](CC(C)C)NC(=O)OC(C)(C)C)Cc2ccccc2)C(=O)NC2CC2)=C(C)C1=O. The number of likely N-dealkylation sites (tertiary alicyclic amines) is 2. The Kier molecular flexibility index (Phi) is 40.6. The number of nitrogens with one attached hydrogen (secondary N) is 7. The van der Waals surface area contributed by atoms with Crippen molar-refractivity contribution in [1.82, 2.24) is 47.0 Å². The van der Waals surface area contributed by atoms with E-state index in [-0.39, 0.29) is 128 Å². The number of hydrogen-bond donors (Lipinski definition) is 7. The number of Topliss-reactive ketones (excluding diaryl/α,β-unsaturated/α-hetero) is 5. The van der Waals surface area contributed by atoms with Crippen molar-refractivity contribution in [2.24, 2.45) is 41.4 Å². The summed E-state index contributed by atoms with van der Waals surface area (Å²) in [5, 5.41) is 20.1. The summed E-state index contributed by atoms with van der Waals surface area (Å²) in [5.41, 5.74) is 4.87. The van der Waals surface area contributed by atoms with Gasteiger partial charge in [-0.3, -0.25) is 52.7 Å². The van der Waals surface area contributed by atoms with Gasteiger partial charge in [0.05, 0.1) is 37.1 Å². The van der Waals surface area contributed by atoms with Crippen molar-refractivity contribution in [3.05, 3.63) is 141 Å². The monoisotopic (exact) mass is 1690 g/mol. The number of ether oxygens (including phenoxy) is 3. The molecule has 0 bridgehead atoms. The van der Waals surface area contributed by atoms with Crippen LogP contribution < -0.4 is 37.2 Å². The molecule has 7 N–H and O–H groups in total. The lowest BCUT2D eigenvalue weighted by Gasteiger charge is -2.30. The summed E-state index contributed by atoms with van der Waals surface area (Å²) >= 11 is 0. The molecular formula is C96H139N9O17. The van der Waals surface area contributed by atoms with E-state index in [1.807, 2.05) is 107 Å². The van der Waals surface area contributed by atoms with Crippen LogP contribution in [-0.2, 0) is 79.8 Å². The van der Waals surface area contributed by atoms with Gasteiger partial charge in [0.15, 0.2) is 28.9 Å². The molecule has 0 radical (unpaired) electrons. The van der Waals surface area contributed by atoms with Crippen LogP contribution in [0.2, 0.25) is 0 Å². The number of hydrogen-bond acceptors (Lipinski definition) is 17. The number of carbonyl (C=O) groups excluding carboxylic acids is 14. The highest BCUT2D eigenvalue weighted by Gasteiger charge is 2.42. The molecule has 7 rings (SSSR count). The van der Waals surface area contributed by atoms with Gasteiger partial charge >= 0.3 is 18.3 Å². The van der Waals surface area contributed by atoms with Gasteiger partial charge in [-0.2, -0.15) is 0 Å². The molecule has 2 aliphatic heterocycles. The molecule has 2 aromatic carbocycles. The predicted octanol–water partition coefficient (Wildman–Crippen LogP) is 13.6. The average Bonchev–Trinajstić information content (AvgIpc) is 1.14. The van der Waals surface area contributed by atoms with Crippen LogP contribution in [0.5, 0.6) is 0 Å². The highest BCUT2D eigenvalue weighted by Crippen LogP contribution is 2.32. The van der Waals surface area contributed by atoms with Crippen LogP contribution in [0.15, 0.2) is 130 Å². The van der Waals surface area contributed by atoms with Gasteiger partial charge in [-0.1, -0.05) is 133 Å². The molecule has 670 valence electrons. The third kappa shape index (κ3) is 32.6. The van der Waals surface area contributed by atoms with Crippen molar-refractivity contribution in [2.45, 2.75) is 295 Å². The Morgan fingerprint density at radius 2 is 0.943 bits per heavy atom. The quantitative estimate of drug-likeness (QED) is 0.0140. The van der Waals surface area contributed by atoms with E-state index in [9.17, 15) is 67.1 Å². The van der Waals surface area contributed by atoms with Gasteiger partial charge in [0.1, 0.15) is 23.7 Å². The van der Waals surface area contributed by atoms with Crippen LogP contribution in [0, 0.1) is 41.4 Å². The van der Waals surface area contributed by atoms with E-state index in [2.05, 4.69) is 77.9 Å². The zero-order valence-corrected chi connectivity index (χ0v) is 75.7. The molecule has 5 aliphatic rings. The number of allylic oxidation sites excluding steroid dienone is 9. The molecule has 26 heteroatoms. The number of alkyl carbamates (subject to hydrolysis) is 3. The summed E-state index contributed by atoms with van der Waals surface area (Å²) in [6.45, 7) is 34.6. The smallest absolute Gasteiger partial charge is 0.408 e. The number of benzene rings is 2. The fourth-order valence-electron chi connectivity index (χ4n) is 15.7. The molecule has 1 saturated carbocycles. The topological polar surface area (TPSA) is 357 Å². The maximum Gasteiger partial charge on any atom is 0.408 e. The first-order valence-corrected chi connectivity index (χ1v) is 44.2. The molecule has 0 spiro atoms. The van der Waals surface area contributed by atoms with Crippen molar-refractivity contribution < 1.29 is 81.3 Å². The molecule has 0 unspecified atom stereocenters. The second-order valence-corrected chi connectivity index (χ2v) is 36.0. The van der Waals surface area contributed by atoms with Gasteiger partial charge in [-0.15, -0.1) is 0 Å². The molecule has 26 nitrogen and oxygen atoms in total. The van der Waals surface area contributed by atoms with Gasteiger partial charge in [0, 0.05) is 95.2 Å². The average molecular weight is 1690 g/mol. The Labute approximate surface area is 723 Å². The number of amides is 9. The summed E-state index contributed by atoms with van der Waals surface area (Å²) in [6.07, 6.45) is 15.0. The largest absolute Gasteiger partial charge is 0.450 e. The van der Waals surface area contributed by atoms with Crippen LogP contribution >= 0.6 is 0 Å². The van der Waals surface area contributed by atoms with Crippen molar-refractivity contribution in [3.63, 3.8) is 0 Å². The van der Waals surface area contributed by atoms with Crippen LogP contribution in [0.3, 0.4) is 0 Å². The van der Waals surface area contributed by atoms with E-state index in [0.29, 0.717) is 159 Å². The van der Waals surface area contributed by atoms with Gasteiger partial charge in [0.25, 0.3) is 0 Å². The van der Waals surface area contributed by atoms with E-state index in [0.717, 1.165) is 30.4 Å². The highest BCUT2D eigenvalue weighted by atomic mass is 16.6. The Hall–Kier alpha value is -10.1. The van der Waals surface area contributed by atoms with Crippen LogP contribution in [0.1, 0.15) is 245 Å². The minimum absolute atomic E-state index is 0.0500. The Bertz CT molecular complexity index is 4200. The van der Waals surface area contributed by atoms with E-state index >= 15 is 0 Å². The van der Waals surface area contributed by atoms with Crippen molar-refractivity contribution in [1.29, 1.82) is 0 Å². The summed E-state index contributed by atoms with van der Waals surface area (Å²) in [6, 6.07) is 15.8. The molecule has 3 aliphatic carbocycles. The third-order valence-electron chi connectivity index (χ3n) is 22.7. The van der Waals surface area contributed by atoms with E-state index in [4.69, 9.17) is 14.2 Å². The Morgan fingerprint density at radius 1 is 0.492 bits per heavy atom. The molecule has 0 aromatic heterocycles. The molecule has 2 heterocycles. The standard InChI is InChI=1S/C49H72N4O8.C47H67N5O9/c1-30(2)27-33(7)22-23-39(28-37-17-12-11-13-18-37)48(59)53-25-15-21-41(53)47(58)52-43(31(3)4)42(54)29-38(46(57)51-32(5)6)19-14-24-50-49(60)61-26-16-20-40-36(10)44(55)34(8)35(9)45(40)56;1-29(2)27-36(50-46(59)61-47(6,7)8)21-20-34(28-33-15-10-9-11-16-33)44(57)52-25-13-19-39(52)43(56)51-38(42(55)49-35-22-23-35)18-12-24-48-45(58)60-26-14-17-37-32(5)40(53)30(3)31(4)41(37)54/h11-13,17-18,22-23,30-33,38-39,41,43H,14-16,19-21,24-29H2,1-10H3,(H,50,60)(H,51,57)(H,52,58);9-11,15-16,20-21,29,34-36,38-39H,12-14,17-19,22-28H2,1-8H3,(H,48,58)(H,49,55)(H,50,59)(H,51,56)/b23-22+;21-20+/t33-,38-,39-,41+,43+;34-,36-,38+,39+/m11/s1. The van der Waals surface area contributed by atoms with Crippen molar-refractivity contribution in [2.75, 3.05) is 39.4 Å². The lowest BCUT2D eigenvalue weighted by molar-refractivity contribution is -0.141. The third-order valence-corrected chi connectivity index (χ3v) is 22.7. The molecular weight excluding hydrogens is 1550 g/mol. The lowest BCUT2D eigenvalue weighted by Crippen LogP contribution is -2.54. The highest BCUT2D eigenvalue weighted by molar-refractivity contribution is 6.25. The van der Waals surface area contributed by atoms with Gasteiger partial charge in [0.2, 0.25) is 35.4 Å². The normalized spacial score (nSPS) is 18.2. The van der Waals surface area contributed by atoms with Gasteiger partial charge < -0.3 is 61.2 Å². The molecule has 2 aromatic rings. The molecule has 122 heavy (non-hydrogen) atoms. The van der Waals surface area contributed by atoms with E-state index in [1.165, 1.54) is 0 Å². The second kappa shape index (κ2) is 49.2. The van der Waals surface area contributed by atoms with Crippen molar-refractivity contribution in [3.8, 4) is 0 Å². The maximum absolute atomic E-state index is 14.4. The first-order valence-electron chi connectivity index (χ1n) is 44.2. The summed E-state index contributed by atoms with van der Waals surface area (Å²) in [7, 11) is 0. The number of nitrogens with zero attached hydrogens (tertiary/aromatic N) is 2. The number of carbonyl (C=O) groups is 14. The lowest BCUT2D eigenvalue weighted by atomic mass is 9.84. The zero-order valence-electron chi connectivity index (χ0n) is 75.7. The first kappa shape index (κ1) is 101. The minimum Gasteiger partial charge on any atom is -0.450 e. The Morgan fingerprint density at radius 3 is 1.39 bits per heavy atom. The number of ketones is 5. The predicted molar refractivity (Wildman–Crippen MR) is 470 cm³/mol. The summed E-state index contributed by atoms with van der Waals surface area (Å²) in [5.74, 6) is -3.53. The van der Waals surface area contributed by atoms with Gasteiger partial charge in [-0.05, 0) is 227 Å². The zero-order chi connectivity index (χ0) is 90.2. The fraction of sp³-hybridized carbons (Fsp3) is 0.604. The first-order chi connectivity index (χ1) is 57.7. The van der Waals surface area contributed by atoms with E-state index in [1.54, 1.807) is 72.1 Å². The fourth-order valence-corrected chi connectivity index (χ4v) is 15.7. The molecule has 9 amide bonds.